The summed E-state index contributed by atoms with van der Waals surface area (Å²) in [6, 6.07) is 9.00. The molecule has 1 aliphatic heterocycles. The van der Waals surface area contributed by atoms with E-state index in [1.807, 2.05) is 6.07 Å². The summed E-state index contributed by atoms with van der Waals surface area (Å²) in [6.45, 7) is 5.50. The van der Waals surface area contributed by atoms with Crippen LogP contribution >= 0.6 is 11.8 Å². The molecule has 0 amide bonds. The van der Waals surface area contributed by atoms with Crippen molar-refractivity contribution >= 4 is 29.7 Å². The van der Waals surface area contributed by atoms with Gasteiger partial charge in [0.05, 0.1) is 11.6 Å². The van der Waals surface area contributed by atoms with Gasteiger partial charge in [0.2, 0.25) is 0 Å². The van der Waals surface area contributed by atoms with Crippen LogP contribution in [0.25, 0.3) is 0 Å². The lowest BCUT2D eigenvalue weighted by Gasteiger charge is -2.43. The van der Waals surface area contributed by atoms with Crippen LogP contribution in [0.5, 0.6) is 0 Å². The Labute approximate surface area is 173 Å². The Morgan fingerprint density at radius 1 is 1.10 bits per heavy atom. The van der Waals surface area contributed by atoms with E-state index >= 15 is 0 Å². The Morgan fingerprint density at radius 2 is 1.76 bits per heavy atom. The molecule has 1 aromatic rings. The van der Waals surface area contributed by atoms with E-state index in [1.54, 1.807) is 25.1 Å². The third-order valence-electron chi connectivity index (χ3n) is 4.25. The fourth-order valence-corrected chi connectivity index (χ4v) is 4.29. The summed E-state index contributed by atoms with van der Waals surface area (Å²) in [5.41, 5.74) is -0.174. The van der Waals surface area contributed by atoms with Crippen molar-refractivity contribution in [2.24, 2.45) is 5.92 Å². The van der Waals surface area contributed by atoms with E-state index in [4.69, 9.17) is 24.2 Å². The highest BCUT2D eigenvalue weighted by Crippen LogP contribution is 2.39. The largest absolute Gasteiger partial charge is 0.463 e. The van der Waals surface area contributed by atoms with Crippen LogP contribution < -0.4 is 0 Å². The van der Waals surface area contributed by atoms with Crippen LogP contribution in [-0.4, -0.2) is 48.3 Å². The molecule has 1 saturated heterocycles. The van der Waals surface area contributed by atoms with Gasteiger partial charge in [-0.25, -0.2) is 0 Å². The lowest BCUT2D eigenvalue weighted by molar-refractivity contribution is -0.212. The Morgan fingerprint density at radius 3 is 2.34 bits per heavy atom. The van der Waals surface area contributed by atoms with Crippen LogP contribution in [0.15, 0.2) is 29.2 Å². The summed E-state index contributed by atoms with van der Waals surface area (Å²) in [6.07, 6.45) is -2.22. The molecule has 3 unspecified atom stereocenters. The van der Waals surface area contributed by atoms with Crippen molar-refractivity contribution in [3.8, 4) is 6.07 Å². The van der Waals surface area contributed by atoms with Gasteiger partial charge in [-0.15, -0.1) is 0 Å². The maximum atomic E-state index is 11.7. The number of hydrogen-bond acceptors (Lipinski definition) is 9. The predicted octanol–water partition coefficient (Wildman–Crippen LogP) is 2.44. The summed E-state index contributed by atoms with van der Waals surface area (Å²) in [5, 5.41) is 9.11. The fraction of sp³-hybridized carbons (Fsp3) is 0.500. The van der Waals surface area contributed by atoms with Gasteiger partial charge in [0, 0.05) is 31.6 Å². The third-order valence-corrected chi connectivity index (χ3v) is 5.39. The average Bonchev–Trinajstić information content (AvgIpc) is 2.65. The smallest absolute Gasteiger partial charge is 0.303 e. The Bertz CT molecular complexity index is 804. The van der Waals surface area contributed by atoms with Crippen molar-refractivity contribution in [1.29, 1.82) is 5.26 Å². The molecule has 9 heteroatoms. The summed E-state index contributed by atoms with van der Waals surface area (Å²) in [5.74, 6) is -1.93. The zero-order valence-corrected chi connectivity index (χ0v) is 17.4. The minimum atomic E-state index is -0.765. The molecule has 8 nitrogen and oxygen atoms in total. The highest BCUT2D eigenvalue weighted by molar-refractivity contribution is 7.99. The lowest BCUT2D eigenvalue weighted by atomic mass is 9.91. The molecule has 1 aliphatic rings. The fourth-order valence-electron chi connectivity index (χ4n) is 3.03. The first kappa shape index (κ1) is 22.7. The number of nitrogens with zero attached hydrogens (tertiary/aromatic N) is 1. The van der Waals surface area contributed by atoms with Gasteiger partial charge in [-0.2, -0.15) is 5.26 Å². The molecule has 156 valence electrons. The summed E-state index contributed by atoms with van der Waals surface area (Å²) < 4.78 is 22.0. The second-order valence-electron chi connectivity index (χ2n) is 6.61. The molecule has 0 aromatic heterocycles. The normalized spacial score (nSPS) is 26.1. The maximum absolute atomic E-state index is 11.7. The Kier molecular flexibility index (Phi) is 8.05. The van der Waals surface area contributed by atoms with E-state index in [-0.39, 0.29) is 6.61 Å². The van der Waals surface area contributed by atoms with Crippen molar-refractivity contribution in [2.45, 2.75) is 56.3 Å². The number of ether oxygens (including phenoxy) is 4. The average molecular weight is 421 g/mol. The number of rotatable bonds is 6. The third kappa shape index (κ3) is 6.48. The van der Waals surface area contributed by atoms with Crippen LogP contribution in [0, 0.1) is 17.2 Å². The van der Waals surface area contributed by atoms with Gasteiger partial charge in [0.15, 0.2) is 0 Å². The van der Waals surface area contributed by atoms with Gasteiger partial charge < -0.3 is 18.9 Å². The van der Waals surface area contributed by atoms with E-state index in [0.29, 0.717) is 5.56 Å². The molecular formula is C20H23NO7S. The zero-order valence-electron chi connectivity index (χ0n) is 16.6. The van der Waals surface area contributed by atoms with E-state index in [0.717, 1.165) is 4.90 Å². The molecule has 5 atom stereocenters. The van der Waals surface area contributed by atoms with Crippen LogP contribution in [0.4, 0.5) is 0 Å². The van der Waals surface area contributed by atoms with Crippen molar-refractivity contribution in [2.75, 3.05) is 6.61 Å². The van der Waals surface area contributed by atoms with Crippen molar-refractivity contribution < 1.29 is 33.3 Å². The number of nitriles is 1. The second-order valence-corrected chi connectivity index (χ2v) is 7.78. The van der Waals surface area contributed by atoms with Gasteiger partial charge in [0.25, 0.3) is 0 Å². The zero-order chi connectivity index (χ0) is 21.6. The molecule has 0 radical (unpaired) electrons. The van der Waals surface area contributed by atoms with Gasteiger partial charge in [0.1, 0.15) is 30.4 Å². The molecule has 0 saturated carbocycles. The van der Waals surface area contributed by atoms with Gasteiger partial charge in [-0.3, -0.25) is 14.4 Å². The first-order chi connectivity index (χ1) is 13.7. The lowest BCUT2D eigenvalue weighted by Crippen LogP contribution is -2.56. The Balaban J connectivity index is 2.31. The molecule has 0 spiro atoms. The molecular weight excluding hydrogens is 398 g/mol. The molecule has 1 fully saturated rings. The molecule has 1 heterocycles. The van der Waals surface area contributed by atoms with Crippen LogP contribution in [0.1, 0.15) is 33.3 Å². The van der Waals surface area contributed by atoms with Crippen LogP contribution in [0.3, 0.4) is 0 Å². The summed E-state index contributed by atoms with van der Waals surface area (Å²) in [4.78, 5) is 35.3. The van der Waals surface area contributed by atoms with E-state index in [9.17, 15) is 14.4 Å². The molecule has 1 aromatic carbocycles. The molecule has 2 rings (SSSR count). The topological polar surface area (TPSA) is 112 Å². The van der Waals surface area contributed by atoms with Crippen LogP contribution in [0.2, 0.25) is 0 Å². The van der Waals surface area contributed by atoms with E-state index < -0.39 is 47.6 Å². The quantitative estimate of drug-likeness (QED) is 0.505. The first-order valence-corrected chi connectivity index (χ1v) is 9.89. The number of esters is 3. The standard InChI is InChI=1S/C20H23NO7S/c1-11-18(26-13(3)23)17(10-25-12(2)22)28-20(19(11)27-14(4)24)29-16-7-5-6-15(8-16)9-21/h5-8,11,17-20H,10H2,1-4H3/t11?,17?,18-,19?,20-/m1/s1. The number of benzene rings is 1. The van der Waals surface area contributed by atoms with Gasteiger partial charge in [-0.05, 0) is 18.2 Å². The van der Waals surface area contributed by atoms with Crippen molar-refractivity contribution in [1.82, 2.24) is 0 Å². The molecule has 0 N–H and O–H groups in total. The number of carbonyl (C=O) groups is 3. The van der Waals surface area contributed by atoms with Crippen molar-refractivity contribution in [3.63, 3.8) is 0 Å². The maximum Gasteiger partial charge on any atom is 0.303 e. The minimum Gasteiger partial charge on any atom is -0.463 e. The van der Waals surface area contributed by atoms with E-state index in [2.05, 4.69) is 6.07 Å². The Hall–Kier alpha value is -2.57. The number of hydrogen-bond donors (Lipinski definition) is 0. The molecule has 29 heavy (non-hydrogen) atoms. The monoisotopic (exact) mass is 421 g/mol. The van der Waals surface area contributed by atoms with Crippen molar-refractivity contribution in [3.05, 3.63) is 29.8 Å². The van der Waals surface area contributed by atoms with Gasteiger partial charge >= 0.3 is 17.9 Å². The SMILES string of the molecule is CC(=O)OCC1O[C@H](Sc2cccc(C#N)c2)C(OC(C)=O)C(C)[C@H]1OC(C)=O. The minimum absolute atomic E-state index is 0.111. The number of thioether (sulfide) groups is 1. The van der Waals surface area contributed by atoms with Gasteiger partial charge in [-0.1, -0.05) is 24.8 Å². The summed E-state index contributed by atoms with van der Waals surface area (Å²) >= 11 is 1.28. The second kappa shape index (κ2) is 10.3. The number of carbonyl (C=O) groups excluding carboxylic acids is 3. The van der Waals surface area contributed by atoms with Crippen LogP contribution in [-0.2, 0) is 33.3 Å². The highest BCUT2D eigenvalue weighted by Gasteiger charge is 2.48. The summed E-state index contributed by atoms with van der Waals surface area (Å²) in [7, 11) is 0. The molecule has 0 aliphatic carbocycles. The highest BCUT2D eigenvalue weighted by atomic mass is 32.2. The van der Waals surface area contributed by atoms with E-state index in [1.165, 1.54) is 32.5 Å². The predicted molar refractivity (Wildman–Crippen MR) is 103 cm³/mol. The molecule has 0 bridgehead atoms. The first-order valence-electron chi connectivity index (χ1n) is 9.01.